The van der Waals surface area contributed by atoms with E-state index in [9.17, 15) is 4.79 Å². The molecule has 2 aromatic rings. The van der Waals surface area contributed by atoms with E-state index >= 15 is 0 Å². The molecule has 0 heterocycles. The number of aryl methyl sites for hydroxylation is 1. The topological polar surface area (TPSA) is 29.1 Å². The Morgan fingerprint density at radius 3 is 2.40 bits per heavy atom. The lowest BCUT2D eigenvalue weighted by molar-refractivity contribution is 0.0953. The molecule has 0 atom stereocenters. The van der Waals surface area contributed by atoms with E-state index in [1.807, 2.05) is 36.4 Å². The van der Waals surface area contributed by atoms with Crippen molar-refractivity contribution in [2.24, 2.45) is 0 Å². The van der Waals surface area contributed by atoms with E-state index < -0.39 is 0 Å². The van der Waals surface area contributed by atoms with Gasteiger partial charge in [0.15, 0.2) is 0 Å². The molecule has 0 bridgehead atoms. The Morgan fingerprint density at radius 1 is 1.05 bits per heavy atom. The Morgan fingerprint density at radius 2 is 1.70 bits per heavy atom. The fourth-order valence-electron chi connectivity index (χ4n) is 2.15. The van der Waals surface area contributed by atoms with Crippen LogP contribution in [0.4, 0.5) is 0 Å². The molecule has 0 saturated heterocycles. The third-order valence-electron chi connectivity index (χ3n) is 3.35. The minimum Gasteiger partial charge on any atom is -0.352 e. The second-order valence-electron chi connectivity index (χ2n) is 4.72. The molecule has 20 heavy (non-hydrogen) atoms. The van der Waals surface area contributed by atoms with Crippen LogP contribution in [0.25, 0.3) is 0 Å². The van der Waals surface area contributed by atoms with E-state index in [1.54, 1.807) is 0 Å². The second kappa shape index (κ2) is 7.25. The first-order chi connectivity index (χ1) is 9.72. The zero-order valence-electron chi connectivity index (χ0n) is 11.5. The highest BCUT2D eigenvalue weighted by Gasteiger charge is 2.09. The summed E-state index contributed by atoms with van der Waals surface area (Å²) in [7, 11) is 0. The van der Waals surface area contributed by atoms with Gasteiger partial charge in [0.2, 0.25) is 0 Å². The van der Waals surface area contributed by atoms with Crippen molar-refractivity contribution in [2.45, 2.75) is 18.7 Å². The zero-order valence-corrected chi connectivity index (χ0v) is 13.1. The number of nitrogens with one attached hydrogen (secondary N) is 1. The van der Waals surface area contributed by atoms with Crippen molar-refractivity contribution in [3.63, 3.8) is 0 Å². The Labute approximate surface area is 128 Å². The van der Waals surface area contributed by atoms with Crippen molar-refractivity contribution in [2.75, 3.05) is 6.54 Å². The van der Waals surface area contributed by atoms with Crippen molar-refractivity contribution >= 4 is 21.8 Å². The number of benzene rings is 2. The van der Waals surface area contributed by atoms with Gasteiger partial charge in [-0.05, 0) is 36.1 Å². The highest BCUT2D eigenvalue weighted by atomic mass is 79.9. The van der Waals surface area contributed by atoms with Crippen LogP contribution in [0.3, 0.4) is 0 Å². The van der Waals surface area contributed by atoms with Gasteiger partial charge >= 0.3 is 0 Å². The van der Waals surface area contributed by atoms with Crippen molar-refractivity contribution in [3.05, 3.63) is 70.8 Å². The van der Waals surface area contributed by atoms with Crippen LogP contribution in [0.2, 0.25) is 0 Å². The summed E-state index contributed by atoms with van der Waals surface area (Å²) in [6.07, 6.45) is 0.856. The number of amides is 1. The molecule has 2 nitrogen and oxygen atoms in total. The molecular formula is C17H18BrNO. The summed E-state index contributed by atoms with van der Waals surface area (Å²) in [5, 5.41) is 3.68. The quantitative estimate of drug-likeness (QED) is 0.828. The van der Waals surface area contributed by atoms with Crippen LogP contribution in [-0.2, 0) is 11.8 Å². The maximum absolute atomic E-state index is 12.2. The summed E-state index contributed by atoms with van der Waals surface area (Å²) >= 11 is 3.41. The highest BCUT2D eigenvalue weighted by Crippen LogP contribution is 2.12. The Bertz CT molecular complexity index is 595. The largest absolute Gasteiger partial charge is 0.352 e. The molecule has 0 aliphatic carbocycles. The first kappa shape index (κ1) is 14.8. The Kier molecular flexibility index (Phi) is 5.36. The SMILES string of the molecule is Cc1ccccc1CCNC(=O)c1ccccc1CBr. The van der Waals surface area contributed by atoms with Gasteiger partial charge < -0.3 is 5.32 Å². The minimum absolute atomic E-state index is 0.00589. The molecule has 0 saturated carbocycles. The molecule has 2 aromatic carbocycles. The molecule has 0 aromatic heterocycles. The average Bonchev–Trinajstić information content (AvgIpc) is 2.49. The summed E-state index contributed by atoms with van der Waals surface area (Å²) in [6.45, 7) is 2.75. The fourth-order valence-corrected chi connectivity index (χ4v) is 2.64. The number of rotatable bonds is 5. The fraction of sp³-hybridized carbons (Fsp3) is 0.235. The second-order valence-corrected chi connectivity index (χ2v) is 5.28. The van der Waals surface area contributed by atoms with Crippen LogP contribution >= 0.6 is 15.9 Å². The number of hydrogen-bond donors (Lipinski definition) is 1. The molecule has 1 amide bonds. The molecule has 2 rings (SSSR count). The minimum atomic E-state index is -0.00589. The van der Waals surface area contributed by atoms with E-state index in [0.717, 1.165) is 17.5 Å². The third kappa shape index (κ3) is 3.70. The standard InChI is InChI=1S/C17H18BrNO/c1-13-6-2-3-7-14(13)10-11-19-17(20)16-9-5-4-8-15(16)12-18/h2-9H,10-12H2,1H3,(H,19,20). The predicted molar refractivity (Wildman–Crippen MR) is 86.3 cm³/mol. The van der Waals surface area contributed by atoms with Crippen molar-refractivity contribution in [3.8, 4) is 0 Å². The molecule has 1 N–H and O–H groups in total. The van der Waals surface area contributed by atoms with Gasteiger partial charge in [0.05, 0.1) is 0 Å². The van der Waals surface area contributed by atoms with Crippen molar-refractivity contribution < 1.29 is 4.79 Å². The van der Waals surface area contributed by atoms with Crippen LogP contribution < -0.4 is 5.32 Å². The van der Waals surface area contributed by atoms with E-state index in [1.165, 1.54) is 11.1 Å². The van der Waals surface area contributed by atoms with Gasteiger partial charge in [-0.25, -0.2) is 0 Å². The number of hydrogen-bond acceptors (Lipinski definition) is 1. The van der Waals surface area contributed by atoms with Crippen LogP contribution in [0.15, 0.2) is 48.5 Å². The lowest BCUT2D eigenvalue weighted by Crippen LogP contribution is -2.26. The van der Waals surface area contributed by atoms with E-state index in [-0.39, 0.29) is 5.91 Å². The normalized spacial score (nSPS) is 10.3. The predicted octanol–water partition coefficient (Wildman–Crippen LogP) is 3.86. The number of alkyl halides is 1. The molecule has 0 fully saturated rings. The molecule has 0 unspecified atom stereocenters. The summed E-state index contributed by atoms with van der Waals surface area (Å²) < 4.78 is 0. The van der Waals surface area contributed by atoms with E-state index in [2.05, 4.69) is 40.3 Å². The first-order valence-corrected chi connectivity index (χ1v) is 7.81. The van der Waals surface area contributed by atoms with Crippen LogP contribution in [-0.4, -0.2) is 12.5 Å². The van der Waals surface area contributed by atoms with E-state index in [4.69, 9.17) is 0 Å². The summed E-state index contributed by atoms with van der Waals surface area (Å²) in [4.78, 5) is 12.2. The molecule has 0 aliphatic heterocycles. The van der Waals surface area contributed by atoms with Crippen molar-refractivity contribution in [1.29, 1.82) is 0 Å². The van der Waals surface area contributed by atoms with Crippen LogP contribution in [0.5, 0.6) is 0 Å². The van der Waals surface area contributed by atoms with Gasteiger partial charge in [0.25, 0.3) is 5.91 Å². The lowest BCUT2D eigenvalue weighted by Gasteiger charge is -2.09. The van der Waals surface area contributed by atoms with Gasteiger partial charge in [-0.2, -0.15) is 0 Å². The maximum atomic E-state index is 12.2. The van der Waals surface area contributed by atoms with Crippen LogP contribution in [0.1, 0.15) is 27.0 Å². The molecule has 3 heteroatoms. The Hall–Kier alpha value is -1.61. The van der Waals surface area contributed by atoms with Crippen LogP contribution in [0, 0.1) is 6.92 Å². The zero-order chi connectivity index (χ0) is 14.4. The van der Waals surface area contributed by atoms with Gasteiger partial charge in [-0.3, -0.25) is 4.79 Å². The molecule has 0 spiro atoms. The first-order valence-electron chi connectivity index (χ1n) is 6.69. The maximum Gasteiger partial charge on any atom is 0.251 e. The molecule has 0 aliphatic rings. The Balaban J connectivity index is 1.94. The third-order valence-corrected chi connectivity index (χ3v) is 3.95. The molecule has 0 radical (unpaired) electrons. The number of carbonyl (C=O) groups is 1. The number of carbonyl (C=O) groups excluding carboxylic acids is 1. The van der Waals surface area contributed by atoms with Gasteiger partial charge in [0, 0.05) is 17.4 Å². The lowest BCUT2D eigenvalue weighted by atomic mass is 10.1. The van der Waals surface area contributed by atoms with Gasteiger partial charge in [-0.1, -0.05) is 58.4 Å². The van der Waals surface area contributed by atoms with Gasteiger partial charge in [0.1, 0.15) is 0 Å². The smallest absolute Gasteiger partial charge is 0.251 e. The summed E-state index contributed by atoms with van der Waals surface area (Å²) in [5.41, 5.74) is 4.30. The summed E-state index contributed by atoms with van der Waals surface area (Å²) in [6, 6.07) is 15.9. The molecular weight excluding hydrogens is 314 g/mol. The van der Waals surface area contributed by atoms with Crippen molar-refractivity contribution in [1.82, 2.24) is 5.32 Å². The molecule has 104 valence electrons. The number of halogens is 1. The highest BCUT2D eigenvalue weighted by molar-refractivity contribution is 9.08. The monoisotopic (exact) mass is 331 g/mol. The van der Waals surface area contributed by atoms with E-state index in [0.29, 0.717) is 11.9 Å². The summed E-state index contributed by atoms with van der Waals surface area (Å²) in [5.74, 6) is -0.00589. The van der Waals surface area contributed by atoms with Gasteiger partial charge in [-0.15, -0.1) is 0 Å². The average molecular weight is 332 g/mol.